The van der Waals surface area contributed by atoms with E-state index in [1.54, 1.807) is 0 Å². The third-order valence-corrected chi connectivity index (χ3v) is 3.44. The van der Waals surface area contributed by atoms with Gasteiger partial charge in [-0.1, -0.05) is 6.92 Å². The number of β-amino-alcohol motifs (C(OH)–C–C–N with tert-alkyl or cyclic N) is 2. The van der Waals surface area contributed by atoms with Gasteiger partial charge in [0.2, 0.25) is 0 Å². The average Bonchev–Trinajstić information content (AvgIpc) is 2.71. The van der Waals surface area contributed by atoms with Crippen molar-refractivity contribution in [2.45, 2.75) is 38.9 Å². The van der Waals surface area contributed by atoms with Crippen LogP contribution in [0.4, 0.5) is 11.6 Å². The maximum atomic E-state index is 9.67. The van der Waals surface area contributed by atoms with Crippen molar-refractivity contribution < 1.29 is 10.2 Å². The van der Waals surface area contributed by atoms with E-state index in [4.69, 9.17) is 0 Å². The lowest BCUT2D eigenvalue weighted by Crippen LogP contribution is -2.24. The Morgan fingerprint density at radius 2 is 1.89 bits per heavy atom. The molecule has 3 N–H and O–H groups in total. The van der Waals surface area contributed by atoms with Crippen LogP contribution in [0.3, 0.4) is 0 Å². The third kappa shape index (κ3) is 2.79. The molecule has 2 unspecified atom stereocenters. The molecule has 0 amide bonds. The summed E-state index contributed by atoms with van der Waals surface area (Å²) in [5, 5.41) is 22.4. The molecular weight excluding hydrogens is 244 g/mol. The molecule has 19 heavy (non-hydrogen) atoms. The van der Waals surface area contributed by atoms with Gasteiger partial charge in [0.05, 0.1) is 12.2 Å². The molecule has 1 aromatic rings. The van der Waals surface area contributed by atoms with Gasteiger partial charge in [-0.25, -0.2) is 9.97 Å². The second-order valence-corrected chi connectivity index (χ2v) is 4.98. The minimum absolute atomic E-state index is 0.410. The number of aliphatic hydroxyl groups is 2. The Labute approximate surface area is 113 Å². The van der Waals surface area contributed by atoms with Crippen LogP contribution in [-0.2, 0) is 6.42 Å². The summed E-state index contributed by atoms with van der Waals surface area (Å²) < 4.78 is 0. The number of aliphatic hydroxyl groups excluding tert-OH is 2. The van der Waals surface area contributed by atoms with Gasteiger partial charge >= 0.3 is 0 Å². The predicted molar refractivity (Wildman–Crippen MR) is 74.5 cm³/mol. The summed E-state index contributed by atoms with van der Waals surface area (Å²) in [6.07, 6.45) is 0.390. The Hall–Kier alpha value is -1.40. The van der Waals surface area contributed by atoms with E-state index in [0.717, 1.165) is 35.9 Å². The van der Waals surface area contributed by atoms with Gasteiger partial charge in [-0.15, -0.1) is 0 Å². The lowest BCUT2D eigenvalue weighted by Gasteiger charge is -2.21. The number of nitrogens with zero attached hydrogens (tertiary/aromatic N) is 3. The number of aryl methyl sites for hydroxylation is 1. The second kappa shape index (κ2) is 5.71. The van der Waals surface area contributed by atoms with Crippen LogP contribution in [0.5, 0.6) is 0 Å². The molecule has 1 saturated heterocycles. The van der Waals surface area contributed by atoms with E-state index >= 15 is 0 Å². The molecule has 0 saturated carbocycles. The lowest BCUT2D eigenvalue weighted by molar-refractivity contribution is 0.0572. The van der Waals surface area contributed by atoms with E-state index in [1.807, 2.05) is 18.9 Å². The zero-order valence-electron chi connectivity index (χ0n) is 11.7. The van der Waals surface area contributed by atoms with Crippen molar-refractivity contribution in [3.63, 3.8) is 0 Å². The van der Waals surface area contributed by atoms with Gasteiger partial charge in [-0.05, 0) is 13.3 Å². The number of rotatable bonds is 4. The van der Waals surface area contributed by atoms with Gasteiger partial charge in [0.15, 0.2) is 0 Å². The SMILES string of the molecule is CCCc1nc(NC)c(C)c(N2CC(O)C(O)C2)n1. The molecule has 2 rings (SSSR count). The van der Waals surface area contributed by atoms with Crippen LogP contribution < -0.4 is 10.2 Å². The highest BCUT2D eigenvalue weighted by Gasteiger charge is 2.31. The van der Waals surface area contributed by atoms with Crippen LogP contribution in [0.2, 0.25) is 0 Å². The Morgan fingerprint density at radius 3 is 2.42 bits per heavy atom. The number of hydrogen-bond acceptors (Lipinski definition) is 6. The highest BCUT2D eigenvalue weighted by molar-refractivity contribution is 5.59. The predicted octanol–water partition coefficient (Wildman–Crippen LogP) is 0.321. The fourth-order valence-corrected chi connectivity index (χ4v) is 2.38. The number of nitrogens with one attached hydrogen (secondary N) is 1. The maximum Gasteiger partial charge on any atom is 0.137 e. The summed E-state index contributed by atoms with van der Waals surface area (Å²) in [4.78, 5) is 11.0. The second-order valence-electron chi connectivity index (χ2n) is 4.98. The van der Waals surface area contributed by atoms with Crippen LogP contribution in [0.25, 0.3) is 0 Å². The Morgan fingerprint density at radius 1 is 1.26 bits per heavy atom. The van der Waals surface area contributed by atoms with E-state index in [1.165, 1.54) is 0 Å². The first kappa shape index (κ1) is 14.0. The standard InChI is InChI=1S/C13H22N4O2/c1-4-5-11-15-12(14-3)8(2)13(16-11)17-6-9(18)10(19)7-17/h9-10,18-19H,4-7H2,1-3H3,(H,14,15,16). The first-order valence-electron chi connectivity index (χ1n) is 6.73. The normalized spacial score (nSPS) is 22.9. The minimum Gasteiger partial charge on any atom is -0.389 e. The van der Waals surface area contributed by atoms with Crippen LogP contribution in [-0.4, -0.2) is 52.5 Å². The van der Waals surface area contributed by atoms with Crippen molar-refractivity contribution >= 4 is 11.6 Å². The molecule has 1 aromatic heterocycles. The largest absolute Gasteiger partial charge is 0.389 e. The fourth-order valence-electron chi connectivity index (χ4n) is 2.38. The number of aromatic nitrogens is 2. The maximum absolute atomic E-state index is 9.67. The molecule has 1 fully saturated rings. The topological polar surface area (TPSA) is 81.5 Å². The average molecular weight is 266 g/mol. The van der Waals surface area contributed by atoms with E-state index in [0.29, 0.717) is 13.1 Å². The van der Waals surface area contributed by atoms with Crippen molar-refractivity contribution in [1.29, 1.82) is 0 Å². The third-order valence-electron chi connectivity index (χ3n) is 3.44. The lowest BCUT2D eigenvalue weighted by atomic mass is 10.2. The Bertz CT molecular complexity index is 443. The summed E-state index contributed by atoms with van der Waals surface area (Å²) in [7, 11) is 1.84. The molecule has 1 aliphatic rings. The van der Waals surface area contributed by atoms with Crippen LogP contribution >= 0.6 is 0 Å². The zero-order valence-corrected chi connectivity index (χ0v) is 11.7. The van der Waals surface area contributed by atoms with Gasteiger partial charge in [0.25, 0.3) is 0 Å². The van der Waals surface area contributed by atoms with E-state index in [-0.39, 0.29) is 0 Å². The van der Waals surface area contributed by atoms with Crippen LogP contribution in [0.15, 0.2) is 0 Å². The quantitative estimate of drug-likeness (QED) is 0.728. The fraction of sp³-hybridized carbons (Fsp3) is 0.692. The smallest absolute Gasteiger partial charge is 0.137 e. The van der Waals surface area contributed by atoms with Crippen molar-refractivity contribution in [1.82, 2.24) is 9.97 Å². The monoisotopic (exact) mass is 266 g/mol. The first-order valence-corrected chi connectivity index (χ1v) is 6.73. The molecule has 1 aliphatic heterocycles. The van der Waals surface area contributed by atoms with Gasteiger partial charge in [0, 0.05) is 32.1 Å². The van der Waals surface area contributed by atoms with E-state index in [2.05, 4.69) is 22.2 Å². The molecule has 0 aromatic carbocycles. The van der Waals surface area contributed by atoms with Crippen molar-refractivity contribution in [2.24, 2.45) is 0 Å². The van der Waals surface area contributed by atoms with Gasteiger partial charge in [-0.2, -0.15) is 0 Å². The highest BCUT2D eigenvalue weighted by Crippen LogP contribution is 2.26. The molecule has 2 atom stereocenters. The summed E-state index contributed by atoms with van der Waals surface area (Å²) in [6.45, 7) is 4.86. The Kier molecular flexibility index (Phi) is 4.21. The molecule has 0 spiro atoms. The Balaban J connectivity index is 2.35. The molecule has 6 nitrogen and oxygen atoms in total. The van der Waals surface area contributed by atoms with Crippen molar-refractivity contribution in [2.75, 3.05) is 30.4 Å². The van der Waals surface area contributed by atoms with Crippen LogP contribution in [0.1, 0.15) is 24.7 Å². The molecule has 106 valence electrons. The van der Waals surface area contributed by atoms with Gasteiger partial charge < -0.3 is 20.4 Å². The molecular formula is C13H22N4O2. The van der Waals surface area contributed by atoms with Gasteiger partial charge in [-0.3, -0.25) is 0 Å². The van der Waals surface area contributed by atoms with Gasteiger partial charge in [0.1, 0.15) is 17.5 Å². The molecule has 0 radical (unpaired) electrons. The number of hydrogen-bond donors (Lipinski definition) is 3. The molecule has 2 heterocycles. The zero-order chi connectivity index (χ0) is 14.0. The molecule has 0 bridgehead atoms. The molecule has 6 heteroatoms. The summed E-state index contributed by atoms with van der Waals surface area (Å²) in [6, 6.07) is 0. The number of anilines is 2. The van der Waals surface area contributed by atoms with Crippen LogP contribution in [0, 0.1) is 6.92 Å². The minimum atomic E-state index is -0.706. The summed E-state index contributed by atoms with van der Waals surface area (Å²) >= 11 is 0. The first-order chi connectivity index (χ1) is 9.06. The summed E-state index contributed by atoms with van der Waals surface area (Å²) in [5.41, 5.74) is 0.948. The van der Waals surface area contributed by atoms with E-state index in [9.17, 15) is 10.2 Å². The van der Waals surface area contributed by atoms with Crippen molar-refractivity contribution in [3.05, 3.63) is 11.4 Å². The summed E-state index contributed by atoms with van der Waals surface area (Å²) in [5.74, 6) is 2.41. The highest BCUT2D eigenvalue weighted by atomic mass is 16.3. The molecule has 0 aliphatic carbocycles. The van der Waals surface area contributed by atoms with E-state index < -0.39 is 12.2 Å². The van der Waals surface area contributed by atoms with Crippen molar-refractivity contribution in [3.8, 4) is 0 Å².